The highest BCUT2D eigenvalue weighted by Crippen LogP contribution is 2.11. The zero-order chi connectivity index (χ0) is 25.7. The quantitative estimate of drug-likeness (QED) is 0.190. The van der Waals surface area contributed by atoms with Gasteiger partial charge in [-0.1, -0.05) is 50.6 Å². The van der Waals surface area contributed by atoms with Gasteiger partial charge in [-0.2, -0.15) is 24.4 Å². The number of hydrogen-bond acceptors (Lipinski definition) is 7. The number of thioether (sulfide) groups is 1. The van der Waals surface area contributed by atoms with Crippen molar-refractivity contribution in [2.24, 2.45) is 11.7 Å². The molecule has 1 rings (SSSR count). The van der Waals surface area contributed by atoms with E-state index in [0.717, 1.165) is 5.56 Å². The number of aliphatic carboxylic acids is 1. The second-order valence-electron chi connectivity index (χ2n) is 8.09. The average Bonchev–Trinajstić information content (AvgIpc) is 2.82. The van der Waals surface area contributed by atoms with Crippen molar-refractivity contribution in [1.29, 1.82) is 0 Å². The molecule has 0 spiro atoms. The molecule has 0 saturated carbocycles. The van der Waals surface area contributed by atoms with Crippen LogP contribution in [0.2, 0.25) is 0 Å². The second kappa shape index (κ2) is 15.6. The Morgan fingerprint density at radius 3 is 2.18 bits per heavy atom. The minimum atomic E-state index is -1.21. The van der Waals surface area contributed by atoms with Crippen molar-refractivity contribution in [3.05, 3.63) is 35.9 Å². The van der Waals surface area contributed by atoms with E-state index in [9.17, 15) is 24.3 Å². The molecular formula is C23H36N4O5S2. The summed E-state index contributed by atoms with van der Waals surface area (Å²) in [6.07, 6.45) is 3.12. The van der Waals surface area contributed by atoms with Gasteiger partial charge in [0.25, 0.3) is 0 Å². The Hall–Kier alpha value is -2.24. The van der Waals surface area contributed by atoms with E-state index in [0.29, 0.717) is 25.0 Å². The molecule has 9 nitrogen and oxygen atoms in total. The Labute approximate surface area is 210 Å². The molecule has 5 unspecified atom stereocenters. The summed E-state index contributed by atoms with van der Waals surface area (Å²) in [5.74, 6) is -2.56. The predicted molar refractivity (Wildman–Crippen MR) is 138 cm³/mol. The van der Waals surface area contributed by atoms with Gasteiger partial charge in [0.1, 0.15) is 18.1 Å². The number of thiol groups is 1. The van der Waals surface area contributed by atoms with Gasteiger partial charge in [-0.3, -0.25) is 14.4 Å². The molecule has 0 aliphatic heterocycles. The van der Waals surface area contributed by atoms with Gasteiger partial charge in [0, 0.05) is 5.75 Å². The summed E-state index contributed by atoms with van der Waals surface area (Å²) in [6.45, 7) is 3.65. The molecule has 0 aliphatic rings. The number of carbonyl (C=O) groups excluding carboxylic acids is 3. The Balaban J connectivity index is 2.92. The number of carboxylic acids is 1. The second-order valence-corrected chi connectivity index (χ2v) is 9.44. The topological polar surface area (TPSA) is 151 Å². The minimum absolute atomic E-state index is 0.0893. The normalized spacial score (nSPS) is 15.3. The average molecular weight is 513 g/mol. The molecule has 0 heterocycles. The third-order valence-corrected chi connectivity index (χ3v) is 6.48. The maximum Gasteiger partial charge on any atom is 0.327 e. The highest BCUT2D eigenvalue weighted by Gasteiger charge is 2.32. The van der Waals surface area contributed by atoms with Gasteiger partial charge in [0.2, 0.25) is 17.7 Å². The van der Waals surface area contributed by atoms with Crippen molar-refractivity contribution >= 4 is 48.1 Å². The van der Waals surface area contributed by atoms with E-state index in [1.165, 1.54) is 11.8 Å². The van der Waals surface area contributed by atoms with Gasteiger partial charge in [0.05, 0.1) is 6.04 Å². The van der Waals surface area contributed by atoms with E-state index in [1.54, 1.807) is 6.92 Å². The molecule has 11 heteroatoms. The van der Waals surface area contributed by atoms with Gasteiger partial charge >= 0.3 is 5.97 Å². The van der Waals surface area contributed by atoms with Crippen molar-refractivity contribution < 1.29 is 24.3 Å². The van der Waals surface area contributed by atoms with Crippen molar-refractivity contribution in [2.75, 3.05) is 17.8 Å². The first-order chi connectivity index (χ1) is 16.1. The van der Waals surface area contributed by atoms with Crippen LogP contribution in [-0.4, -0.2) is 70.7 Å². The van der Waals surface area contributed by atoms with Crippen molar-refractivity contribution in [3.8, 4) is 0 Å². The first-order valence-electron chi connectivity index (χ1n) is 11.2. The van der Waals surface area contributed by atoms with Crippen LogP contribution in [0.25, 0.3) is 0 Å². The lowest BCUT2D eigenvalue weighted by atomic mass is 9.97. The number of carbonyl (C=O) groups is 4. The van der Waals surface area contributed by atoms with Crippen LogP contribution < -0.4 is 21.7 Å². The summed E-state index contributed by atoms with van der Waals surface area (Å²) < 4.78 is 0. The number of nitrogens with two attached hydrogens (primary N) is 1. The number of amides is 3. The van der Waals surface area contributed by atoms with E-state index in [2.05, 4.69) is 28.6 Å². The zero-order valence-corrected chi connectivity index (χ0v) is 21.5. The highest BCUT2D eigenvalue weighted by molar-refractivity contribution is 7.98. The molecule has 0 fully saturated rings. The van der Waals surface area contributed by atoms with Crippen LogP contribution in [0.3, 0.4) is 0 Å². The van der Waals surface area contributed by atoms with Crippen LogP contribution in [0.5, 0.6) is 0 Å². The van der Waals surface area contributed by atoms with Crippen LogP contribution in [-0.2, 0) is 25.6 Å². The van der Waals surface area contributed by atoms with E-state index < -0.39 is 47.9 Å². The highest BCUT2D eigenvalue weighted by atomic mass is 32.2. The molecule has 5 atom stereocenters. The number of rotatable bonds is 15. The first-order valence-corrected chi connectivity index (χ1v) is 13.2. The zero-order valence-electron chi connectivity index (χ0n) is 19.8. The monoisotopic (exact) mass is 512 g/mol. The number of carboxylic acid groups (broad SMARTS) is 1. The Morgan fingerprint density at radius 2 is 1.65 bits per heavy atom. The fourth-order valence-electron chi connectivity index (χ4n) is 3.15. The molecule has 1 aromatic rings. The summed E-state index contributed by atoms with van der Waals surface area (Å²) >= 11 is 5.48. The maximum atomic E-state index is 13.1. The van der Waals surface area contributed by atoms with Crippen LogP contribution >= 0.6 is 24.4 Å². The van der Waals surface area contributed by atoms with Crippen LogP contribution in [0.4, 0.5) is 0 Å². The van der Waals surface area contributed by atoms with E-state index >= 15 is 0 Å². The summed E-state index contributed by atoms with van der Waals surface area (Å²) in [4.78, 5) is 49.9. The van der Waals surface area contributed by atoms with Gasteiger partial charge in [-0.25, -0.2) is 4.79 Å². The summed E-state index contributed by atoms with van der Waals surface area (Å²) in [5.41, 5.74) is 6.97. The molecule has 0 radical (unpaired) electrons. The van der Waals surface area contributed by atoms with Crippen LogP contribution in [0.1, 0.15) is 32.3 Å². The SMILES string of the molecule is CCC(C)C(NC(=O)C(CCSC)NC(=O)C(N)Cc1ccccc1)C(=O)NC(CS)C(=O)O. The van der Waals surface area contributed by atoms with E-state index in [4.69, 9.17) is 5.73 Å². The molecule has 34 heavy (non-hydrogen) atoms. The molecule has 3 amide bonds. The first kappa shape index (κ1) is 29.8. The summed E-state index contributed by atoms with van der Waals surface area (Å²) in [7, 11) is 0. The molecular weight excluding hydrogens is 476 g/mol. The minimum Gasteiger partial charge on any atom is -0.480 e. The fourth-order valence-corrected chi connectivity index (χ4v) is 3.87. The molecule has 0 aliphatic carbocycles. The molecule has 0 aromatic heterocycles. The van der Waals surface area contributed by atoms with Gasteiger partial charge in [-0.15, -0.1) is 0 Å². The Bertz CT molecular complexity index is 812. The lowest BCUT2D eigenvalue weighted by molar-refractivity contribution is -0.142. The molecule has 190 valence electrons. The van der Waals surface area contributed by atoms with Gasteiger partial charge in [-0.05, 0) is 36.3 Å². The Morgan fingerprint density at radius 1 is 1.03 bits per heavy atom. The van der Waals surface area contributed by atoms with Crippen molar-refractivity contribution in [1.82, 2.24) is 16.0 Å². The third kappa shape index (κ3) is 9.94. The lowest BCUT2D eigenvalue weighted by Gasteiger charge is -2.28. The smallest absolute Gasteiger partial charge is 0.327 e. The third-order valence-electron chi connectivity index (χ3n) is 5.47. The predicted octanol–water partition coefficient (Wildman–Crippen LogP) is 0.824. The number of benzene rings is 1. The molecule has 0 bridgehead atoms. The molecule has 0 saturated heterocycles. The fraction of sp³-hybridized carbons (Fsp3) is 0.565. The van der Waals surface area contributed by atoms with Crippen molar-refractivity contribution in [2.45, 2.75) is 57.3 Å². The molecule has 6 N–H and O–H groups in total. The summed E-state index contributed by atoms with van der Waals surface area (Å²) in [5, 5.41) is 17.0. The maximum absolute atomic E-state index is 13.1. The van der Waals surface area contributed by atoms with E-state index in [1.807, 2.05) is 43.5 Å². The standard InChI is InChI=1S/C23H36N4O5S2/c1-4-14(2)19(22(30)26-18(13-33)23(31)32)27-21(29)17(10-11-34-3)25-20(28)16(24)12-15-8-6-5-7-9-15/h5-9,14,16-19,33H,4,10-13,24H2,1-3H3,(H,25,28)(H,26,30)(H,27,29)(H,31,32). The van der Waals surface area contributed by atoms with E-state index in [-0.39, 0.29) is 11.7 Å². The summed E-state index contributed by atoms with van der Waals surface area (Å²) in [6, 6.07) is 5.46. The van der Waals surface area contributed by atoms with Gasteiger partial charge in [0.15, 0.2) is 0 Å². The van der Waals surface area contributed by atoms with Crippen molar-refractivity contribution in [3.63, 3.8) is 0 Å². The Kier molecular flexibility index (Phi) is 13.7. The van der Waals surface area contributed by atoms with Crippen LogP contribution in [0.15, 0.2) is 30.3 Å². The number of nitrogens with one attached hydrogen (secondary N) is 3. The van der Waals surface area contributed by atoms with Gasteiger partial charge < -0.3 is 26.8 Å². The number of hydrogen-bond donors (Lipinski definition) is 6. The molecule has 1 aromatic carbocycles. The van der Waals surface area contributed by atoms with Crippen LogP contribution in [0, 0.1) is 5.92 Å². The lowest BCUT2D eigenvalue weighted by Crippen LogP contribution is -2.59. The largest absolute Gasteiger partial charge is 0.480 e.